The minimum Gasteiger partial charge on any atom is -0.497 e. The summed E-state index contributed by atoms with van der Waals surface area (Å²) < 4.78 is 5.38. The van der Waals surface area contributed by atoms with E-state index >= 15 is 0 Å². The van der Waals surface area contributed by atoms with Gasteiger partial charge >= 0.3 is 0 Å². The SMILES string of the molecule is COc1cccc([C@@H]2[C@H]3C(=O)N(c4cc(Cl)cc(Cl)c4)C(=O)[C@H]3ON2c2ccccc2)c1. The van der Waals surface area contributed by atoms with E-state index in [9.17, 15) is 9.59 Å². The van der Waals surface area contributed by atoms with Gasteiger partial charge in [0.2, 0.25) is 5.91 Å². The molecule has 0 unspecified atom stereocenters. The number of halogens is 2. The zero-order valence-corrected chi connectivity index (χ0v) is 18.5. The van der Waals surface area contributed by atoms with Gasteiger partial charge in [-0.05, 0) is 48.0 Å². The van der Waals surface area contributed by atoms with Gasteiger partial charge in [-0.1, -0.05) is 53.5 Å². The molecule has 0 aromatic heterocycles. The second kappa shape index (κ2) is 8.13. The third-order valence-electron chi connectivity index (χ3n) is 5.67. The largest absolute Gasteiger partial charge is 0.497 e. The van der Waals surface area contributed by atoms with Gasteiger partial charge in [-0.15, -0.1) is 0 Å². The number of imide groups is 1. The average molecular weight is 469 g/mol. The lowest BCUT2D eigenvalue weighted by molar-refractivity contribution is -0.126. The molecule has 0 bridgehead atoms. The number of hydrogen-bond acceptors (Lipinski definition) is 5. The van der Waals surface area contributed by atoms with Crippen LogP contribution in [0.3, 0.4) is 0 Å². The predicted octanol–water partition coefficient (Wildman–Crippen LogP) is 5.05. The Hall–Kier alpha value is -3.06. The van der Waals surface area contributed by atoms with E-state index in [1.807, 2.05) is 54.6 Å². The maximum atomic E-state index is 13.6. The fraction of sp³-hybridized carbons (Fsp3) is 0.167. The maximum absolute atomic E-state index is 13.6. The van der Waals surface area contributed by atoms with E-state index in [-0.39, 0.29) is 5.91 Å². The first kappa shape index (κ1) is 20.8. The highest BCUT2D eigenvalue weighted by atomic mass is 35.5. The summed E-state index contributed by atoms with van der Waals surface area (Å²) in [5.41, 5.74) is 1.87. The number of hydroxylamine groups is 1. The molecule has 2 fully saturated rings. The lowest BCUT2D eigenvalue weighted by atomic mass is 9.90. The zero-order valence-electron chi connectivity index (χ0n) is 16.9. The van der Waals surface area contributed by atoms with Crippen molar-refractivity contribution < 1.29 is 19.2 Å². The lowest BCUT2D eigenvalue weighted by Gasteiger charge is -2.29. The van der Waals surface area contributed by atoms with Crippen molar-refractivity contribution in [2.24, 2.45) is 5.92 Å². The first-order valence-electron chi connectivity index (χ1n) is 9.97. The molecule has 5 rings (SSSR count). The van der Waals surface area contributed by atoms with Crippen LogP contribution in [0.4, 0.5) is 11.4 Å². The van der Waals surface area contributed by atoms with E-state index < -0.39 is 24.0 Å². The Morgan fingerprint density at radius 1 is 0.844 bits per heavy atom. The highest BCUT2D eigenvalue weighted by Crippen LogP contribution is 2.48. The number of anilines is 2. The Bertz CT molecular complexity index is 1180. The molecule has 2 heterocycles. The summed E-state index contributed by atoms with van der Waals surface area (Å²) in [6.45, 7) is 0. The third-order valence-corrected chi connectivity index (χ3v) is 6.10. The second-order valence-corrected chi connectivity index (χ2v) is 8.45. The molecule has 3 aromatic carbocycles. The number of carbonyl (C=O) groups is 2. The molecule has 8 heteroatoms. The minimum atomic E-state index is -0.975. The minimum absolute atomic E-state index is 0.325. The van der Waals surface area contributed by atoms with E-state index in [1.54, 1.807) is 30.4 Å². The quantitative estimate of drug-likeness (QED) is 0.501. The molecule has 6 nitrogen and oxygen atoms in total. The third kappa shape index (κ3) is 3.41. The molecule has 2 aliphatic heterocycles. The van der Waals surface area contributed by atoms with E-state index in [2.05, 4.69) is 0 Å². The number of fused-ring (bicyclic) bond motifs is 1. The molecule has 162 valence electrons. The Balaban J connectivity index is 1.60. The topological polar surface area (TPSA) is 59.1 Å². The number of carbonyl (C=O) groups excluding carboxylic acids is 2. The van der Waals surface area contributed by atoms with Crippen molar-refractivity contribution in [2.75, 3.05) is 17.1 Å². The number of amides is 2. The number of para-hydroxylation sites is 1. The molecule has 0 saturated carbocycles. The van der Waals surface area contributed by atoms with E-state index in [1.165, 1.54) is 0 Å². The highest BCUT2D eigenvalue weighted by molar-refractivity contribution is 6.35. The number of nitrogens with zero attached hydrogens (tertiary/aromatic N) is 2. The molecule has 3 aromatic rings. The summed E-state index contributed by atoms with van der Waals surface area (Å²) in [7, 11) is 1.58. The van der Waals surface area contributed by atoms with Crippen LogP contribution in [0.5, 0.6) is 5.75 Å². The van der Waals surface area contributed by atoms with Crippen molar-refractivity contribution in [3.05, 3.63) is 88.4 Å². The average Bonchev–Trinajstić information content (AvgIpc) is 3.30. The fourth-order valence-corrected chi connectivity index (χ4v) is 4.82. The van der Waals surface area contributed by atoms with Crippen LogP contribution in [0, 0.1) is 5.92 Å². The Morgan fingerprint density at radius 3 is 2.25 bits per heavy atom. The molecule has 2 saturated heterocycles. The number of hydrogen-bond donors (Lipinski definition) is 0. The Kier molecular flexibility index (Phi) is 5.29. The van der Waals surface area contributed by atoms with Crippen LogP contribution in [0.2, 0.25) is 10.0 Å². The van der Waals surface area contributed by atoms with E-state index in [0.717, 1.165) is 16.2 Å². The summed E-state index contributed by atoms with van der Waals surface area (Å²) in [5.74, 6) is -0.934. The molecule has 3 atom stereocenters. The molecular formula is C24H18Cl2N2O4. The van der Waals surface area contributed by atoms with Gasteiger partial charge in [-0.2, -0.15) is 0 Å². The van der Waals surface area contributed by atoms with Crippen molar-refractivity contribution in [3.63, 3.8) is 0 Å². The van der Waals surface area contributed by atoms with Crippen LogP contribution in [0.25, 0.3) is 0 Å². The second-order valence-electron chi connectivity index (χ2n) is 7.57. The summed E-state index contributed by atoms with van der Waals surface area (Å²) in [4.78, 5) is 34.2. The fourth-order valence-electron chi connectivity index (χ4n) is 4.30. The molecule has 0 aliphatic carbocycles. The summed E-state index contributed by atoms with van der Waals surface area (Å²) in [5, 5.41) is 2.31. The summed E-state index contributed by atoms with van der Waals surface area (Å²) in [6, 6.07) is 20.9. The standard InChI is InChI=1S/C24H18Cl2N2O4/c1-31-19-9-5-6-14(10-19)21-20-22(32-28(21)17-7-3-2-4-8-17)24(30)27(23(20)29)18-12-15(25)11-16(26)13-18/h2-13,20-22H,1H3/t20-,21-,22+/m1/s1. The van der Waals surface area contributed by atoms with Gasteiger partial charge in [0.05, 0.1) is 24.5 Å². The van der Waals surface area contributed by atoms with Gasteiger partial charge in [0.15, 0.2) is 6.10 Å². The number of ether oxygens (including phenoxy) is 1. The lowest BCUT2D eigenvalue weighted by Crippen LogP contribution is -2.37. The van der Waals surface area contributed by atoms with Crippen molar-refractivity contribution in [3.8, 4) is 5.75 Å². The first-order valence-corrected chi connectivity index (χ1v) is 10.7. The molecule has 0 radical (unpaired) electrons. The summed E-state index contributed by atoms with van der Waals surface area (Å²) >= 11 is 12.2. The smallest absolute Gasteiger partial charge is 0.266 e. The van der Waals surface area contributed by atoms with Crippen LogP contribution in [0.15, 0.2) is 72.8 Å². The Morgan fingerprint density at radius 2 is 1.56 bits per heavy atom. The molecule has 2 aliphatic rings. The van der Waals surface area contributed by atoms with Crippen molar-refractivity contribution in [1.82, 2.24) is 0 Å². The van der Waals surface area contributed by atoms with Crippen LogP contribution in [-0.2, 0) is 14.4 Å². The van der Waals surface area contributed by atoms with Crippen molar-refractivity contribution >= 4 is 46.4 Å². The Labute approximate surface area is 194 Å². The van der Waals surface area contributed by atoms with Crippen molar-refractivity contribution in [2.45, 2.75) is 12.1 Å². The van der Waals surface area contributed by atoms with E-state index in [4.69, 9.17) is 32.8 Å². The van der Waals surface area contributed by atoms with Gasteiger partial charge in [0.1, 0.15) is 11.7 Å². The zero-order chi connectivity index (χ0) is 22.4. The van der Waals surface area contributed by atoms with Crippen molar-refractivity contribution in [1.29, 1.82) is 0 Å². The molecule has 0 spiro atoms. The molecule has 0 N–H and O–H groups in total. The van der Waals surface area contributed by atoms with Crippen LogP contribution in [0.1, 0.15) is 11.6 Å². The van der Waals surface area contributed by atoms with Crippen LogP contribution < -0.4 is 14.7 Å². The molecular weight excluding hydrogens is 451 g/mol. The number of benzene rings is 3. The molecule has 2 amide bonds. The normalized spacial score (nSPS) is 22.4. The number of methoxy groups -OCH3 is 1. The van der Waals surface area contributed by atoms with Crippen LogP contribution in [-0.4, -0.2) is 25.0 Å². The monoisotopic (exact) mass is 468 g/mol. The van der Waals surface area contributed by atoms with E-state index in [0.29, 0.717) is 21.5 Å². The highest BCUT2D eigenvalue weighted by Gasteiger charge is 2.60. The molecule has 32 heavy (non-hydrogen) atoms. The van der Waals surface area contributed by atoms with Gasteiger partial charge in [0, 0.05) is 10.0 Å². The first-order chi connectivity index (χ1) is 15.5. The van der Waals surface area contributed by atoms with Gasteiger partial charge in [-0.3, -0.25) is 14.4 Å². The predicted molar refractivity (Wildman–Crippen MR) is 122 cm³/mol. The van der Waals surface area contributed by atoms with Gasteiger partial charge < -0.3 is 4.74 Å². The van der Waals surface area contributed by atoms with Gasteiger partial charge in [-0.25, -0.2) is 9.96 Å². The maximum Gasteiger partial charge on any atom is 0.266 e. The van der Waals surface area contributed by atoms with Gasteiger partial charge in [0.25, 0.3) is 5.91 Å². The van der Waals surface area contributed by atoms with Crippen LogP contribution >= 0.6 is 23.2 Å². The summed E-state index contributed by atoms with van der Waals surface area (Å²) in [6.07, 6.45) is -0.975. The number of rotatable bonds is 4.